The third kappa shape index (κ3) is 2.81. The molecular formula is C15H23FN2O. The molecule has 1 heterocycles. The number of halogens is 1. The Morgan fingerprint density at radius 3 is 2.58 bits per heavy atom. The van der Waals surface area contributed by atoms with Crippen molar-refractivity contribution in [2.45, 2.75) is 31.3 Å². The van der Waals surface area contributed by atoms with Gasteiger partial charge in [-0.3, -0.25) is 4.90 Å². The number of hydrogen-bond donors (Lipinski definition) is 1. The molecule has 1 saturated heterocycles. The van der Waals surface area contributed by atoms with Crippen LogP contribution in [0.5, 0.6) is 0 Å². The Labute approximate surface area is 114 Å². The van der Waals surface area contributed by atoms with Crippen molar-refractivity contribution in [1.29, 1.82) is 0 Å². The number of likely N-dealkylation sites (N-methyl/N-ethyl adjacent to an activating group) is 1. The zero-order chi connectivity index (χ0) is 13.9. The Kier molecular flexibility index (Phi) is 4.55. The summed E-state index contributed by atoms with van der Waals surface area (Å²) in [7, 11) is 2.04. The monoisotopic (exact) mass is 266 g/mol. The summed E-state index contributed by atoms with van der Waals surface area (Å²) in [6.07, 6.45) is 1.80. The average molecular weight is 266 g/mol. The van der Waals surface area contributed by atoms with Gasteiger partial charge in [0, 0.05) is 36.9 Å². The largest absolute Gasteiger partial charge is 0.381 e. The Balaban J connectivity index is 2.22. The number of nitrogens with zero attached hydrogens (tertiary/aromatic N) is 1. The molecular weight excluding hydrogens is 243 g/mol. The van der Waals surface area contributed by atoms with E-state index < -0.39 is 0 Å². The second-order valence-corrected chi connectivity index (χ2v) is 5.35. The van der Waals surface area contributed by atoms with E-state index in [1.807, 2.05) is 26.1 Å². The molecule has 106 valence electrons. The molecule has 0 bridgehead atoms. The summed E-state index contributed by atoms with van der Waals surface area (Å²) in [4.78, 5) is 2.22. The van der Waals surface area contributed by atoms with E-state index in [1.54, 1.807) is 6.07 Å². The summed E-state index contributed by atoms with van der Waals surface area (Å²) < 4.78 is 19.3. The van der Waals surface area contributed by atoms with Crippen LogP contribution < -0.4 is 5.73 Å². The predicted molar refractivity (Wildman–Crippen MR) is 74.4 cm³/mol. The highest BCUT2D eigenvalue weighted by atomic mass is 19.1. The molecule has 2 N–H and O–H groups in total. The molecule has 19 heavy (non-hydrogen) atoms. The Hall–Kier alpha value is -0.970. The molecule has 0 spiro atoms. The molecule has 1 aliphatic heterocycles. The van der Waals surface area contributed by atoms with Gasteiger partial charge in [-0.15, -0.1) is 0 Å². The number of rotatable bonds is 4. The SMILES string of the molecule is CC(c1ccccc1F)N(C)C1(CN)CCOCC1. The van der Waals surface area contributed by atoms with Crippen LogP contribution in [0.1, 0.15) is 31.4 Å². The highest BCUT2D eigenvalue weighted by Crippen LogP contribution is 2.33. The molecule has 1 aliphatic rings. The fourth-order valence-corrected chi connectivity index (χ4v) is 2.89. The minimum Gasteiger partial charge on any atom is -0.381 e. The van der Waals surface area contributed by atoms with Gasteiger partial charge in [-0.05, 0) is 32.9 Å². The van der Waals surface area contributed by atoms with Gasteiger partial charge in [0.05, 0.1) is 0 Å². The van der Waals surface area contributed by atoms with Crippen LogP contribution in [0.15, 0.2) is 24.3 Å². The fraction of sp³-hybridized carbons (Fsp3) is 0.600. The molecule has 1 aromatic carbocycles. The van der Waals surface area contributed by atoms with Gasteiger partial charge < -0.3 is 10.5 Å². The number of ether oxygens (including phenoxy) is 1. The van der Waals surface area contributed by atoms with Crippen LogP contribution >= 0.6 is 0 Å². The van der Waals surface area contributed by atoms with E-state index in [0.29, 0.717) is 6.54 Å². The topological polar surface area (TPSA) is 38.5 Å². The highest BCUT2D eigenvalue weighted by molar-refractivity contribution is 5.21. The third-order valence-corrected chi connectivity index (χ3v) is 4.49. The smallest absolute Gasteiger partial charge is 0.127 e. The van der Waals surface area contributed by atoms with Crippen molar-refractivity contribution in [3.63, 3.8) is 0 Å². The van der Waals surface area contributed by atoms with Gasteiger partial charge in [0.15, 0.2) is 0 Å². The molecule has 0 aliphatic carbocycles. The van der Waals surface area contributed by atoms with Crippen molar-refractivity contribution in [2.24, 2.45) is 5.73 Å². The van der Waals surface area contributed by atoms with E-state index in [1.165, 1.54) is 6.07 Å². The summed E-state index contributed by atoms with van der Waals surface area (Å²) in [6.45, 7) is 4.06. The van der Waals surface area contributed by atoms with E-state index in [-0.39, 0.29) is 17.4 Å². The number of hydrogen-bond acceptors (Lipinski definition) is 3. The van der Waals surface area contributed by atoms with Crippen LogP contribution in [-0.4, -0.2) is 37.2 Å². The second-order valence-electron chi connectivity index (χ2n) is 5.35. The zero-order valence-electron chi connectivity index (χ0n) is 11.7. The summed E-state index contributed by atoms with van der Waals surface area (Å²) in [5.74, 6) is -0.152. The van der Waals surface area contributed by atoms with Gasteiger partial charge in [-0.1, -0.05) is 18.2 Å². The van der Waals surface area contributed by atoms with Gasteiger partial charge in [0.2, 0.25) is 0 Å². The maximum absolute atomic E-state index is 13.9. The van der Waals surface area contributed by atoms with Crippen molar-refractivity contribution >= 4 is 0 Å². The third-order valence-electron chi connectivity index (χ3n) is 4.49. The lowest BCUT2D eigenvalue weighted by atomic mass is 9.86. The maximum Gasteiger partial charge on any atom is 0.127 e. The lowest BCUT2D eigenvalue weighted by Crippen LogP contribution is -2.56. The Bertz CT molecular complexity index is 418. The standard InChI is InChI=1S/C15H23FN2O/c1-12(13-5-3-4-6-14(13)16)18(2)15(11-17)7-9-19-10-8-15/h3-6,12H,7-11,17H2,1-2H3. The highest BCUT2D eigenvalue weighted by Gasteiger charge is 2.38. The van der Waals surface area contributed by atoms with E-state index in [9.17, 15) is 4.39 Å². The molecule has 1 unspecified atom stereocenters. The van der Waals surface area contributed by atoms with E-state index in [2.05, 4.69) is 4.90 Å². The van der Waals surface area contributed by atoms with E-state index in [4.69, 9.17) is 10.5 Å². The van der Waals surface area contributed by atoms with Gasteiger partial charge in [-0.2, -0.15) is 0 Å². The first kappa shape index (κ1) is 14.4. The predicted octanol–water partition coefficient (Wildman–Crippen LogP) is 2.33. The van der Waals surface area contributed by atoms with Crippen LogP contribution in [0, 0.1) is 5.82 Å². The van der Waals surface area contributed by atoms with Crippen molar-refractivity contribution in [1.82, 2.24) is 4.90 Å². The summed E-state index contributed by atoms with van der Waals surface area (Å²) in [5.41, 5.74) is 6.64. The minimum absolute atomic E-state index is 0.00264. The van der Waals surface area contributed by atoms with Crippen molar-refractivity contribution in [3.8, 4) is 0 Å². The van der Waals surface area contributed by atoms with Crippen LogP contribution in [0.2, 0.25) is 0 Å². The Morgan fingerprint density at radius 1 is 1.37 bits per heavy atom. The van der Waals surface area contributed by atoms with Gasteiger partial charge >= 0.3 is 0 Å². The van der Waals surface area contributed by atoms with Crippen LogP contribution in [0.25, 0.3) is 0 Å². The molecule has 0 amide bonds. The summed E-state index contributed by atoms with van der Waals surface area (Å²) in [6, 6.07) is 6.96. The van der Waals surface area contributed by atoms with Crippen molar-refractivity contribution in [2.75, 3.05) is 26.8 Å². The Morgan fingerprint density at radius 2 is 2.00 bits per heavy atom. The summed E-state index contributed by atoms with van der Waals surface area (Å²) in [5, 5.41) is 0. The maximum atomic E-state index is 13.9. The zero-order valence-corrected chi connectivity index (χ0v) is 11.7. The quantitative estimate of drug-likeness (QED) is 0.909. The molecule has 4 heteroatoms. The second kappa shape index (κ2) is 5.99. The molecule has 3 nitrogen and oxygen atoms in total. The number of nitrogens with two attached hydrogens (primary N) is 1. The molecule has 0 aromatic heterocycles. The molecule has 1 atom stereocenters. The molecule has 1 aromatic rings. The van der Waals surface area contributed by atoms with Crippen LogP contribution in [0.4, 0.5) is 4.39 Å². The van der Waals surface area contributed by atoms with Crippen LogP contribution in [0.3, 0.4) is 0 Å². The first-order valence-electron chi connectivity index (χ1n) is 6.86. The first-order valence-corrected chi connectivity index (χ1v) is 6.86. The van der Waals surface area contributed by atoms with E-state index >= 15 is 0 Å². The van der Waals surface area contributed by atoms with Gasteiger partial charge in [0.25, 0.3) is 0 Å². The van der Waals surface area contributed by atoms with E-state index in [0.717, 1.165) is 31.6 Å². The molecule has 2 rings (SSSR count). The normalized spacial score (nSPS) is 20.5. The molecule has 1 fully saturated rings. The van der Waals surface area contributed by atoms with Crippen molar-refractivity contribution in [3.05, 3.63) is 35.6 Å². The van der Waals surface area contributed by atoms with Gasteiger partial charge in [0.1, 0.15) is 5.82 Å². The lowest BCUT2D eigenvalue weighted by molar-refractivity contribution is -0.0287. The summed E-state index contributed by atoms with van der Waals surface area (Å²) >= 11 is 0. The van der Waals surface area contributed by atoms with Gasteiger partial charge in [-0.25, -0.2) is 4.39 Å². The minimum atomic E-state index is -0.152. The molecule has 0 radical (unpaired) electrons. The molecule has 0 saturated carbocycles. The van der Waals surface area contributed by atoms with Crippen molar-refractivity contribution < 1.29 is 9.13 Å². The lowest BCUT2D eigenvalue weighted by Gasteiger charge is -2.46. The first-order chi connectivity index (χ1) is 9.10. The number of benzene rings is 1. The fourth-order valence-electron chi connectivity index (χ4n) is 2.89. The van der Waals surface area contributed by atoms with Crippen LogP contribution in [-0.2, 0) is 4.74 Å². The average Bonchev–Trinajstić information content (AvgIpc) is 2.47.